The molecule has 0 bridgehead atoms. The van der Waals surface area contributed by atoms with Gasteiger partial charge in [-0.1, -0.05) is 54.6 Å². The Labute approximate surface area is 221 Å². The van der Waals surface area contributed by atoms with E-state index >= 15 is 0 Å². The minimum absolute atomic E-state index is 0.00568. The largest absolute Gasteiger partial charge is 0.489 e. The van der Waals surface area contributed by atoms with Crippen LogP contribution in [0.5, 0.6) is 5.75 Å². The Morgan fingerprint density at radius 3 is 2.26 bits per heavy atom. The van der Waals surface area contributed by atoms with E-state index in [9.17, 15) is 14.4 Å². The highest BCUT2D eigenvalue weighted by molar-refractivity contribution is 6.01. The number of esters is 1. The molecular weight excluding hydrogens is 482 g/mol. The van der Waals surface area contributed by atoms with Gasteiger partial charge in [-0.05, 0) is 40.8 Å². The van der Waals surface area contributed by atoms with E-state index in [0.29, 0.717) is 23.5 Å². The van der Waals surface area contributed by atoms with Crippen LogP contribution in [-0.2, 0) is 47.1 Å². The SMILES string of the molecule is COC(=O)CCC(C(N)=O)N1Cc2c(OCc3ccc(CN4Cc5ccccc5C4)cc3)cccc2C1=O. The molecule has 2 N–H and O–H groups in total. The maximum Gasteiger partial charge on any atom is 0.305 e. The predicted molar refractivity (Wildman–Crippen MR) is 141 cm³/mol. The third-order valence-electron chi connectivity index (χ3n) is 7.24. The molecule has 2 aliphatic rings. The van der Waals surface area contributed by atoms with Gasteiger partial charge in [0.1, 0.15) is 18.4 Å². The van der Waals surface area contributed by atoms with Gasteiger partial charge in [0.05, 0.1) is 13.7 Å². The first-order valence-corrected chi connectivity index (χ1v) is 12.7. The zero-order valence-corrected chi connectivity index (χ0v) is 21.4. The van der Waals surface area contributed by atoms with E-state index < -0.39 is 17.9 Å². The van der Waals surface area contributed by atoms with Gasteiger partial charge in [-0.25, -0.2) is 0 Å². The lowest BCUT2D eigenvalue weighted by molar-refractivity contribution is -0.141. The Morgan fingerprint density at radius 2 is 1.61 bits per heavy atom. The van der Waals surface area contributed by atoms with E-state index in [0.717, 1.165) is 25.2 Å². The lowest BCUT2D eigenvalue weighted by Crippen LogP contribution is -2.45. The van der Waals surface area contributed by atoms with Crippen molar-refractivity contribution in [3.8, 4) is 5.75 Å². The van der Waals surface area contributed by atoms with E-state index in [1.165, 1.54) is 28.7 Å². The number of hydrogen-bond donors (Lipinski definition) is 1. The van der Waals surface area contributed by atoms with Gasteiger partial charge in [0.15, 0.2) is 0 Å². The molecule has 2 heterocycles. The molecule has 8 nitrogen and oxygen atoms in total. The number of primary amides is 1. The van der Waals surface area contributed by atoms with Crippen LogP contribution in [0.2, 0.25) is 0 Å². The van der Waals surface area contributed by atoms with Crippen molar-refractivity contribution in [2.75, 3.05) is 7.11 Å². The Hall–Kier alpha value is -4.17. The summed E-state index contributed by atoms with van der Waals surface area (Å²) in [6, 6.07) is 21.3. The number of benzene rings is 3. The van der Waals surface area contributed by atoms with Crippen molar-refractivity contribution >= 4 is 17.8 Å². The number of carbonyl (C=O) groups is 3. The van der Waals surface area contributed by atoms with Crippen LogP contribution in [0, 0.1) is 0 Å². The Morgan fingerprint density at radius 1 is 0.921 bits per heavy atom. The Balaban J connectivity index is 1.21. The van der Waals surface area contributed by atoms with Crippen molar-refractivity contribution in [2.24, 2.45) is 5.73 Å². The van der Waals surface area contributed by atoms with Gasteiger partial charge in [-0.2, -0.15) is 0 Å². The first-order valence-electron chi connectivity index (χ1n) is 12.7. The summed E-state index contributed by atoms with van der Waals surface area (Å²) < 4.78 is 10.8. The lowest BCUT2D eigenvalue weighted by atomic mass is 10.1. The van der Waals surface area contributed by atoms with Crippen LogP contribution in [0.3, 0.4) is 0 Å². The van der Waals surface area contributed by atoms with Gasteiger partial charge >= 0.3 is 5.97 Å². The molecule has 196 valence electrons. The Bertz CT molecular complexity index is 1330. The fourth-order valence-electron chi connectivity index (χ4n) is 5.20. The number of fused-ring (bicyclic) bond motifs is 2. The number of methoxy groups -OCH3 is 1. The molecule has 0 aliphatic carbocycles. The minimum atomic E-state index is -0.905. The van der Waals surface area contributed by atoms with Crippen molar-refractivity contribution in [1.82, 2.24) is 9.80 Å². The van der Waals surface area contributed by atoms with Crippen LogP contribution < -0.4 is 10.5 Å². The van der Waals surface area contributed by atoms with Gasteiger partial charge in [0.2, 0.25) is 5.91 Å². The predicted octanol–water partition coefficient (Wildman–Crippen LogP) is 3.54. The summed E-state index contributed by atoms with van der Waals surface area (Å²) in [5.41, 5.74) is 11.8. The van der Waals surface area contributed by atoms with Crippen molar-refractivity contribution < 1.29 is 23.9 Å². The first kappa shape index (κ1) is 25.5. The van der Waals surface area contributed by atoms with Crippen LogP contribution in [-0.4, -0.2) is 40.7 Å². The molecule has 0 fully saturated rings. The standard InChI is InChI=1S/C30H31N3O5/c1-37-28(34)14-13-26(29(31)35)33-18-25-24(30(33)36)7-4-8-27(25)38-19-21-11-9-20(10-12-21)15-32-16-22-5-2-3-6-23(22)17-32/h2-12,26H,13-19H2,1H3,(H2,31,35). The number of ether oxygens (including phenoxy) is 2. The quantitative estimate of drug-likeness (QED) is 0.416. The lowest BCUT2D eigenvalue weighted by Gasteiger charge is -2.24. The van der Waals surface area contributed by atoms with E-state index in [-0.39, 0.29) is 25.3 Å². The summed E-state index contributed by atoms with van der Waals surface area (Å²) in [5, 5.41) is 0. The average molecular weight is 514 g/mol. The van der Waals surface area contributed by atoms with Crippen molar-refractivity contribution in [2.45, 2.75) is 51.7 Å². The second-order valence-corrected chi connectivity index (χ2v) is 9.77. The molecule has 2 amide bonds. The third kappa shape index (κ3) is 5.40. The maximum atomic E-state index is 13.1. The van der Waals surface area contributed by atoms with E-state index in [4.69, 9.17) is 10.5 Å². The zero-order chi connectivity index (χ0) is 26.6. The van der Waals surface area contributed by atoms with Crippen LogP contribution in [0.25, 0.3) is 0 Å². The average Bonchev–Trinajstić information content (AvgIpc) is 3.48. The number of hydrogen-bond acceptors (Lipinski definition) is 6. The molecule has 0 radical (unpaired) electrons. The van der Waals surface area contributed by atoms with Gasteiger partial charge in [-0.3, -0.25) is 19.3 Å². The minimum Gasteiger partial charge on any atom is -0.489 e. The van der Waals surface area contributed by atoms with Gasteiger partial charge in [0, 0.05) is 37.2 Å². The summed E-state index contributed by atoms with van der Waals surface area (Å²) in [5.74, 6) is -0.822. The van der Waals surface area contributed by atoms with Crippen LogP contribution in [0.4, 0.5) is 0 Å². The second-order valence-electron chi connectivity index (χ2n) is 9.77. The van der Waals surface area contributed by atoms with Gasteiger partial charge in [0.25, 0.3) is 5.91 Å². The number of rotatable bonds is 10. The molecule has 8 heteroatoms. The number of nitrogens with two attached hydrogens (primary N) is 1. The highest BCUT2D eigenvalue weighted by Gasteiger charge is 2.37. The maximum absolute atomic E-state index is 13.1. The van der Waals surface area contributed by atoms with Crippen LogP contribution in [0.15, 0.2) is 66.7 Å². The van der Waals surface area contributed by atoms with Gasteiger partial charge < -0.3 is 20.1 Å². The molecule has 0 aromatic heterocycles. The molecule has 38 heavy (non-hydrogen) atoms. The fraction of sp³-hybridized carbons (Fsp3) is 0.300. The number of nitrogens with zero attached hydrogens (tertiary/aromatic N) is 2. The monoisotopic (exact) mass is 513 g/mol. The molecule has 2 aliphatic heterocycles. The van der Waals surface area contributed by atoms with E-state index in [1.54, 1.807) is 12.1 Å². The molecule has 5 rings (SSSR count). The summed E-state index contributed by atoms with van der Waals surface area (Å²) in [4.78, 5) is 40.6. The summed E-state index contributed by atoms with van der Waals surface area (Å²) in [7, 11) is 1.28. The highest BCUT2D eigenvalue weighted by atomic mass is 16.5. The van der Waals surface area contributed by atoms with Crippen LogP contribution >= 0.6 is 0 Å². The number of amides is 2. The molecule has 1 atom stereocenters. The van der Waals surface area contributed by atoms with E-state index in [1.807, 2.05) is 6.07 Å². The smallest absolute Gasteiger partial charge is 0.305 e. The third-order valence-corrected chi connectivity index (χ3v) is 7.24. The molecule has 0 spiro atoms. The van der Waals surface area contributed by atoms with Gasteiger partial charge in [-0.15, -0.1) is 0 Å². The summed E-state index contributed by atoms with van der Waals surface area (Å²) in [6.07, 6.45) is 0.0993. The van der Waals surface area contributed by atoms with Crippen molar-refractivity contribution in [3.05, 3.63) is 100 Å². The Kier molecular flexibility index (Phi) is 7.42. The highest BCUT2D eigenvalue weighted by Crippen LogP contribution is 2.33. The molecule has 3 aromatic carbocycles. The molecule has 3 aromatic rings. The molecule has 0 saturated heterocycles. The fourth-order valence-corrected chi connectivity index (χ4v) is 5.20. The molecule has 0 saturated carbocycles. The topological polar surface area (TPSA) is 102 Å². The van der Waals surface area contributed by atoms with Crippen molar-refractivity contribution in [3.63, 3.8) is 0 Å². The van der Waals surface area contributed by atoms with Crippen LogP contribution in [0.1, 0.15) is 51.0 Å². The van der Waals surface area contributed by atoms with Crippen molar-refractivity contribution in [1.29, 1.82) is 0 Å². The normalized spacial score (nSPS) is 15.2. The summed E-state index contributed by atoms with van der Waals surface area (Å²) in [6.45, 7) is 3.36. The molecular formula is C30H31N3O5. The summed E-state index contributed by atoms with van der Waals surface area (Å²) >= 11 is 0. The first-order chi connectivity index (χ1) is 18.4. The van der Waals surface area contributed by atoms with E-state index in [2.05, 4.69) is 58.2 Å². The number of carbonyl (C=O) groups excluding carboxylic acids is 3. The molecule has 1 unspecified atom stereocenters. The zero-order valence-electron chi connectivity index (χ0n) is 21.4. The second kappa shape index (κ2) is 11.1.